The third-order valence-electron chi connectivity index (χ3n) is 18.6. The molecule has 8 aliphatic rings. The van der Waals surface area contributed by atoms with E-state index in [-0.39, 0.29) is 58.2 Å². The van der Waals surface area contributed by atoms with E-state index in [1.807, 2.05) is 0 Å². The van der Waals surface area contributed by atoms with Gasteiger partial charge in [-0.25, -0.2) is 0 Å². The molecule has 5 aliphatic carbocycles. The van der Waals surface area contributed by atoms with Crippen LogP contribution in [-0.2, 0) is 33.2 Å². The Morgan fingerprint density at radius 3 is 2.06 bits per heavy atom. The lowest BCUT2D eigenvalue weighted by atomic mass is 9.33. The number of carbonyl (C=O) groups excluding carboxylic acids is 1. The Kier molecular flexibility index (Phi) is 12.5. The smallest absolute Gasteiger partial charge is 0.315 e. The lowest BCUT2D eigenvalue weighted by Gasteiger charge is -2.71. The van der Waals surface area contributed by atoms with Crippen LogP contribution in [0.3, 0.4) is 0 Å². The van der Waals surface area contributed by atoms with Crippen molar-refractivity contribution in [1.29, 1.82) is 0 Å². The summed E-state index contributed by atoms with van der Waals surface area (Å²) in [5, 5.41) is 94.0. The zero-order valence-electron chi connectivity index (χ0n) is 37.5. The van der Waals surface area contributed by atoms with Crippen LogP contribution < -0.4 is 0 Å². The molecule has 8 rings (SSSR count). The highest BCUT2D eigenvalue weighted by molar-refractivity contribution is 5.79. The fourth-order valence-corrected chi connectivity index (χ4v) is 14.5. The Bertz CT molecular complexity index is 1690. The van der Waals surface area contributed by atoms with Gasteiger partial charge in [0.2, 0.25) is 6.29 Å². The molecule has 354 valence electrons. The summed E-state index contributed by atoms with van der Waals surface area (Å²) in [5.41, 5.74) is -0.103. The van der Waals surface area contributed by atoms with Gasteiger partial charge in [-0.1, -0.05) is 60.1 Å². The normalized spacial score (nSPS) is 53.5. The molecular formula is C46H74O16. The highest BCUT2D eigenvalue weighted by atomic mass is 16.7. The van der Waals surface area contributed by atoms with Crippen LogP contribution in [0.5, 0.6) is 0 Å². The molecule has 3 saturated heterocycles. The summed E-state index contributed by atoms with van der Waals surface area (Å²) in [7, 11) is 0. The summed E-state index contributed by atoms with van der Waals surface area (Å²) < 4.78 is 35.3. The van der Waals surface area contributed by atoms with Crippen molar-refractivity contribution in [3.8, 4) is 0 Å². The number of hydrogen-bond donors (Lipinski definition) is 9. The molecule has 7 fully saturated rings. The lowest BCUT2D eigenvalue weighted by molar-refractivity contribution is -0.351. The zero-order valence-corrected chi connectivity index (χ0v) is 37.5. The van der Waals surface area contributed by atoms with Gasteiger partial charge in [-0.2, -0.15) is 0 Å². The minimum Gasteiger partial charge on any atom is -0.432 e. The molecule has 0 aromatic rings. The number of ether oxygens (including phenoxy) is 6. The largest absolute Gasteiger partial charge is 0.432 e. The number of carbonyl (C=O) groups is 1. The molecule has 0 spiro atoms. The molecule has 3 heterocycles. The maximum Gasteiger partial charge on any atom is 0.315 e. The summed E-state index contributed by atoms with van der Waals surface area (Å²) in [4.78, 5) is 14.5. The highest BCUT2D eigenvalue weighted by Gasteiger charge is 2.70. The van der Waals surface area contributed by atoms with Crippen LogP contribution in [-0.4, -0.2) is 158 Å². The predicted molar refractivity (Wildman–Crippen MR) is 218 cm³/mol. The second-order valence-corrected chi connectivity index (χ2v) is 22.6. The number of aliphatic hydroxyl groups is 9. The Morgan fingerprint density at radius 2 is 1.35 bits per heavy atom. The van der Waals surface area contributed by atoms with Gasteiger partial charge in [-0.05, 0) is 109 Å². The summed E-state index contributed by atoms with van der Waals surface area (Å²) in [6.07, 6.45) is -8.16. The van der Waals surface area contributed by atoms with E-state index in [9.17, 15) is 50.8 Å². The minimum atomic E-state index is -1.67. The third kappa shape index (κ3) is 7.28. The summed E-state index contributed by atoms with van der Waals surface area (Å²) in [6.45, 7) is 15.3. The van der Waals surface area contributed by atoms with Crippen LogP contribution in [0.4, 0.5) is 0 Å². The Morgan fingerprint density at radius 1 is 0.694 bits per heavy atom. The van der Waals surface area contributed by atoms with Gasteiger partial charge < -0.3 is 74.4 Å². The predicted octanol–water partition coefficient (Wildman–Crippen LogP) is 1.42. The van der Waals surface area contributed by atoms with Crippen molar-refractivity contribution in [2.24, 2.45) is 50.2 Å². The van der Waals surface area contributed by atoms with Gasteiger partial charge >= 0.3 is 5.97 Å². The van der Waals surface area contributed by atoms with Crippen molar-refractivity contribution in [1.82, 2.24) is 0 Å². The topological polar surface area (TPSA) is 255 Å². The van der Waals surface area contributed by atoms with E-state index in [1.165, 1.54) is 5.57 Å². The molecule has 3 aliphatic heterocycles. The van der Waals surface area contributed by atoms with Crippen molar-refractivity contribution in [3.05, 3.63) is 11.6 Å². The minimum absolute atomic E-state index is 0.00238. The highest BCUT2D eigenvalue weighted by Crippen LogP contribution is 2.76. The first kappa shape index (κ1) is 47.2. The van der Waals surface area contributed by atoms with Gasteiger partial charge in [0.15, 0.2) is 12.6 Å². The van der Waals surface area contributed by atoms with E-state index in [1.54, 1.807) is 0 Å². The van der Waals surface area contributed by atoms with E-state index in [0.717, 1.165) is 44.9 Å². The average Bonchev–Trinajstić information content (AvgIpc) is 3.21. The first-order chi connectivity index (χ1) is 29.0. The van der Waals surface area contributed by atoms with Crippen molar-refractivity contribution >= 4 is 5.97 Å². The van der Waals surface area contributed by atoms with Gasteiger partial charge in [-0.3, -0.25) is 4.79 Å². The molecule has 0 bridgehead atoms. The van der Waals surface area contributed by atoms with Crippen LogP contribution in [0.1, 0.15) is 113 Å². The fourth-order valence-electron chi connectivity index (χ4n) is 14.5. The van der Waals surface area contributed by atoms with Crippen LogP contribution in [0, 0.1) is 50.2 Å². The molecule has 16 nitrogen and oxygen atoms in total. The summed E-state index contributed by atoms with van der Waals surface area (Å²) in [6, 6.07) is 0. The Balaban J connectivity index is 0.978. The average molecular weight is 883 g/mol. The first-order valence-electron chi connectivity index (χ1n) is 23.1. The summed E-state index contributed by atoms with van der Waals surface area (Å²) in [5.74, 6) is 0.154. The zero-order chi connectivity index (χ0) is 45.1. The van der Waals surface area contributed by atoms with Gasteiger partial charge in [0, 0.05) is 0 Å². The van der Waals surface area contributed by atoms with E-state index >= 15 is 0 Å². The number of esters is 1. The van der Waals surface area contributed by atoms with Crippen molar-refractivity contribution < 1.29 is 79.2 Å². The lowest BCUT2D eigenvalue weighted by Crippen LogP contribution is -2.66. The number of rotatable bonds is 7. The SMILES string of the molecule is CC1(C)CCC2(C(=O)OC3OCC(O)C(O)C3O)CCC3(C)C(=CCC4C5(C)CCC(OC6OCC(OC7OC(CO)C(O)C(O)C7O)C(O)C6O)C(C)(C)C5CCC43C)C2C1. The number of fused-ring (bicyclic) bond motifs is 7. The van der Waals surface area contributed by atoms with E-state index < -0.39 is 97.9 Å². The third-order valence-corrected chi connectivity index (χ3v) is 18.6. The molecule has 0 radical (unpaired) electrons. The molecule has 9 N–H and O–H groups in total. The number of hydrogen-bond acceptors (Lipinski definition) is 16. The molecule has 0 aromatic carbocycles. The van der Waals surface area contributed by atoms with Crippen LogP contribution in [0.2, 0.25) is 0 Å². The summed E-state index contributed by atoms with van der Waals surface area (Å²) >= 11 is 0. The van der Waals surface area contributed by atoms with Crippen molar-refractivity contribution in [2.75, 3.05) is 19.8 Å². The molecule has 62 heavy (non-hydrogen) atoms. The Labute approximate surface area is 364 Å². The molecular weight excluding hydrogens is 808 g/mol. The van der Waals surface area contributed by atoms with Gasteiger partial charge in [0.25, 0.3) is 0 Å². The number of aliphatic hydroxyl groups excluding tert-OH is 9. The molecule has 0 aromatic heterocycles. The maximum absolute atomic E-state index is 14.5. The van der Waals surface area contributed by atoms with Crippen LogP contribution in [0.15, 0.2) is 11.6 Å². The Hall–Kier alpha value is -1.35. The molecule has 21 unspecified atom stereocenters. The molecule has 21 atom stereocenters. The van der Waals surface area contributed by atoms with Gasteiger partial charge in [-0.15, -0.1) is 0 Å². The number of allylic oxidation sites excluding steroid dienone is 2. The van der Waals surface area contributed by atoms with E-state index in [0.29, 0.717) is 25.2 Å². The molecule has 4 saturated carbocycles. The molecule has 16 heteroatoms. The van der Waals surface area contributed by atoms with Gasteiger partial charge in [0.05, 0.1) is 31.3 Å². The van der Waals surface area contributed by atoms with E-state index in [2.05, 4.69) is 54.5 Å². The quantitative estimate of drug-likeness (QED) is 0.0996. The second kappa shape index (κ2) is 16.5. The van der Waals surface area contributed by atoms with Crippen molar-refractivity contribution in [3.63, 3.8) is 0 Å². The first-order valence-corrected chi connectivity index (χ1v) is 23.1. The second-order valence-electron chi connectivity index (χ2n) is 22.6. The standard InChI is InChI=1S/C46H74O16/c1-41(2)14-16-46(40(56)62-38-34(53)30(49)24(48)20-57-38)17-15-44(6)22(23(46)18-41)8-9-28-43(5)12-11-29(42(3,4)27(43)10-13-45(28,44)7)61-37-35(54)32(51)26(21-58-37)60-39-36(55)33(52)31(50)25(19-47)59-39/h8,23-39,47-55H,9-21H2,1-7H3. The monoisotopic (exact) mass is 882 g/mol. The molecule has 0 amide bonds. The maximum atomic E-state index is 14.5. The van der Waals surface area contributed by atoms with Gasteiger partial charge in [0.1, 0.15) is 61.0 Å². The fraction of sp³-hybridized carbons (Fsp3) is 0.935. The van der Waals surface area contributed by atoms with Crippen LogP contribution >= 0.6 is 0 Å². The van der Waals surface area contributed by atoms with E-state index in [4.69, 9.17) is 28.4 Å². The van der Waals surface area contributed by atoms with Crippen molar-refractivity contribution in [2.45, 2.75) is 199 Å². The van der Waals surface area contributed by atoms with Crippen LogP contribution in [0.25, 0.3) is 0 Å².